The van der Waals surface area contributed by atoms with Gasteiger partial charge in [-0.3, -0.25) is 4.98 Å². The lowest BCUT2D eigenvalue weighted by atomic mass is 10.1. The van der Waals surface area contributed by atoms with E-state index in [9.17, 15) is 0 Å². The molecular formula is C17H19ClN2. The summed E-state index contributed by atoms with van der Waals surface area (Å²) >= 11 is 6.49. The van der Waals surface area contributed by atoms with Crippen molar-refractivity contribution in [2.24, 2.45) is 0 Å². The maximum Gasteiger partial charge on any atom is 0.0721 e. The van der Waals surface area contributed by atoms with Crippen molar-refractivity contribution in [3.63, 3.8) is 0 Å². The minimum absolute atomic E-state index is 0.652. The van der Waals surface area contributed by atoms with E-state index in [1.165, 1.54) is 43.5 Å². The second-order valence-electron chi connectivity index (χ2n) is 6.05. The SMILES string of the molecule is Clc1cc(C2CC2)nc2ccc(N3CCCCC3)cc12. The third-order valence-electron chi connectivity index (χ3n) is 4.48. The molecule has 20 heavy (non-hydrogen) atoms. The molecule has 0 bridgehead atoms. The lowest BCUT2D eigenvalue weighted by molar-refractivity contribution is 0.578. The molecule has 1 aliphatic heterocycles. The van der Waals surface area contributed by atoms with Crippen LogP contribution in [0.5, 0.6) is 0 Å². The van der Waals surface area contributed by atoms with Gasteiger partial charge in [0.15, 0.2) is 0 Å². The van der Waals surface area contributed by atoms with Gasteiger partial charge >= 0.3 is 0 Å². The van der Waals surface area contributed by atoms with Crippen molar-refractivity contribution < 1.29 is 0 Å². The number of rotatable bonds is 2. The van der Waals surface area contributed by atoms with Gasteiger partial charge in [0.25, 0.3) is 0 Å². The molecule has 1 aromatic heterocycles. The molecular weight excluding hydrogens is 268 g/mol. The summed E-state index contributed by atoms with van der Waals surface area (Å²) in [6.07, 6.45) is 6.48. The smallest absolute Gasteiger partial charge is 0.0721 e. The van der Waals surface area contributed by atoms with E-state index in [4.69, 9.17) is 16.6 Å². The minimum atomic E-state index is 0.652. The fraction of sp³-hybridized carbons (Fsp3) is 0.471. The average molecular weight is 287 g/mol. The number of piperidine rings is 1. The number of hydrogen-bond donors (Lipinski definition) is 0. The fourth-order valence-electron chi connectivity index (χ4n) is 3.13. The third kappa shape index (κ3) is 2.26. The van der Waals surface area contributed by atoms with Gasteiger partial charge in [-0.15, -0.1) is 0 Å². The largest absolute Gasteiger partial charge is 0.372 e. The van der Waals surface area contributed by atoms with Crippen LogP contribution in [-0.4, -0.2) is 18.1 Å². The molecule has 1 aliphatic carbocycles. The minimum Gasteiger partial charge on any atom is -0.372 e. The Morgan fingerprint density at radius 1 is 1.05 bits per heavy atom. The number of hydrogen-bond acceptors (Lipinski definition) is 2. The van der Waals surface area contributed by atoms with Crippen LogP contribution in [-0.2, 0) is 0 Å². The van der Waals surface area contributed by atoms with Gasteiger partial charge in [-0.1, -0.05) is 11.6 Å². The van der Waals surface area contributed by atoms with Crippen molar-refractivity contribution in [1.29, 1.82) is 0 Å². The highest BCUT2D eigenvalue weighted by Gasteiger charge is 2.25. The van der Waals surface area contributed by atoms with Crippen molar-refractivity contribution >= 4 is 28.2 Å². The molecule has 1 saturated heterocycles. The van der Waals surface area contributed by atoms with Crippen molar-refractivity contribution in [2.45, 2.75) is 38.0 Å². The van der Waals surface area contributed by atoms with E-state index in [1.807, 2.05) is 0 Å². The first-order valence-electron chi connectivity index (χ1n) is 7.66. The number of benzene rings is 1. The summed E-state index contributed by atoms with van der Waals surface area (Å²) in [6, 6.07) is 8.62. The number of nitrogens with zero attached hydrogens (tertiary/aromatic N) is 2. The summed E-state index contributed by atoms with van der Waals surface area (Å²) in [5, 5.41) is 1.95. The first-order valence-corrected chi connectivity index (χ1v) is 8.04. The molecule has 2 heterocycles. The fourth-order valence-corrected chi connectivity index (χ4v) is 3.39. The van der Waals surface area contributed by atoms with E-state index in [1.54, 1.807) is 0 Å². The van der Waals surface area contributed by atoms with Crippen molar-refractivity contribution in [2.75, 3.05) is 18.0 Å². The monoisotopic (exact) mass is 286 g/mol. The Morgan fingerprint density at radius 2 is 1.85 bits per heavy atom. The predicted molar refractivity (Wildman–Crippen MR) is 84.8 cm³/mol. The lowest BCUT2D eigenvalue weighted by Crippen LogP contribution is -2.29. The molecule has 0 unspecified atom stereocenters. The van der Waals surface area contributed by atoms with E-state index in [-0.39, 0.29) is 0 Å². The van der Waals surface area contributed by atoms with E-state index < -0.39 is 0 Å². The topological polar surface area (TPSA) is 16.1 Å². The Labute approximate surface area is 124 Å². The van der Waals surface area contributed by atoms with Crippen LogP contribution in [0.3, 0.4) is 0 Å². The zero-order valence-electron chi connectivity index (χ0n) is 11.6. The second-order valence-corrected chi connectivity index (χ2v) is 6.46. The maximum atomic E-state index is 6.49. The van der Waals surface area contributed by atoms with Gasteiger partial charge in [0, 0.05) is 35.8 Å². The molecule has 2 aliphatic rings. The molecule has 104 valence electrons. The maximum absolute atomic E-state index is 6.49. The van der Waals surface area contributed by atoms with Gasteiger partial charge in [0.05, 0.1) is 10.5 Å². The Morgan fingerprint density at radius 3 is 2.60 bits per heavy atom. The second kappa shape index (κ2) is 4.92. The van der Waals surface area contributed by atoms with Crippen LogP contribution >= 0.6 is 11.6 Å². The first-order chi connectivity index (χ1) is 9.81. The average Bonchev–Trinajstić information content (AvgIpc) is 3.32. The number of pyridine rings is 1. The summed E-state index contributed by atoms with van der Waals surface area (Å²) in [5.41, 5.74) is 3.51. The zero-order chi connectivity index (χ0) is 13.5. The lowest BCUT2D eigenvalue weighted by Gasteiger charge is -2.29. The predicted octanol–water partition coefficient (Wildman–Crippen LogP) is 4.76. The van der Waals surface area contributed by atoms with Gasteiger partial charge < -0.3 is 4.90 Å². The van der Waals surface area contributed by atoms with Gasteiger partial charge in [0.2, 0.25) is 0 Å². The molecule has 0 N–H and O–H groups in total. The highest BCUT2D eigenvalue weighted by molar-refractivity contribution is 6.35. The zero-order valence-corrected chi connectivity index (χ0v) is 12.4. The molecule has 1 aromatic carbocycles. The van der Waals surface area contributed by atoms with Crippen LogP contribution in [0, 0.1) is 0 Å². The van der Waals surface area contributed by atoms with Crippen LogP contribution in [0.25, 0.3) is 10.9 Å². The van der Waals surface area contributed by atoms with Crippen LogP contribution < -0.4 is 4.90 Å². The van der Waals surface area contributed by atoms with E-state index in [0.29, 0.717) is 5.92 Å². The van der Waals surface area contributed by atoms with E-state index >= 15 is 0 Å². The van der Waals surface area contributed by atoms with E-state index in [0.717, 1.165) is 29.0 Å². The van der Waals surface area contributed by atoms with Crippen molar-refractivity contribution in [3.05, 3.63) is 35.0 Å². The number of fused-ring (bicyclic) bond motifs is 1. The van der Waals surface area contributed by atoms with Crippen molar-refractivity contribution in [1.82, 2.24) is 4.98 Å². The van der Waals surface area contributed by atoms with Crippen LogP contribution in [0.15, 0.2) is 24.3 Å². The summed E-state index contributed by atoms with van der Waals surface area (Å²) < 4.78 is 0. The highest BCUT2D eigenvalue weighted by Crippen LogP contribution is 2.41. The molecule has 0 spiro atoms. The molecule has 0 atom stereocenters. The van der Waals surface area contributed by atoms with Crippen molar-refractivity contribution in [3.8, 4) is 0 Å². The summed E-state index contributed by atoms with van der Waals surface area (Å²) in [5.74, 6) is 0.652. The highest BCUT2D eigenvalue weighted by atomic mass is 35.5. The standard InChI is InChI=1S/C17H19ClN2/c18-15-11-17(12-4-5-12)19-16-7-6-13(10-14(15)16)20-8-2-1-3-9-20/h6-7,10-12H,1-5,8-9H2. The Hall–Kier alpha value is -1.28. The Balaban J connectivity index is 1.74. The molecule has 0 radical (unpaired) electrons. The molecule has 1 saturated carbocycles. The number of anilines is 1. The molecule has 2 nitrogen and oxygen atoms in total. The third-order valence-corrected chi connectivity index (χ3v) is 4.79. The van der Waals surface area contributed by atoms with Gasteiger partial charge in [0.1, 0.15) is 0 Å². The number of aromatic nitrogens is 1. The quantitative estimate of drug-likeness (QED) is 0.791. The summed E-state index contributed by atoms with van der Waals surface area (Å²) in [6.45, 7) is 2.33. The van der Waals surface area contributed by atoms with E-state index in [2.05, 4.69) is 29.2 Å². The normalized spacial score (nSPS) is 19.6. The molecule has 2 aromatic rings. The molecule has 2 fully saturated rings. The van der Waals surface area contributed by atoms with Gasteiger partial charge in [-0.05, 0) is 56.4 Å². The summed E-state index contributed by atoms with van der Waals surface area (Å²) in [7, 11) is 0. The summed E-state index contributed by atoms with van der Waals surface area (Å²) in [4.78, 5) is 7.25. The Bertz CT molecular complexity index is 643. The van der Waals surface area contributed by atoms with Crippen LogP contribution in [0.1, 0.15) is 43.7 Å². The molecule has 0 amide bonds. The van der Waals surface area contributed by atoms with Gasteiger partial charge in [-0.25, -0.2) is 0 Å². The Kier molecular flexibility index (Phi) is 3.07. The van der Waals surface area contributed by atoms with Crippen LogP contribution in [0.2, 0.25) is 5.02 Å². The van der Waals surface area contributed by atoms with Crippen LogP contribution in [0.4, 0.5) is 5.69 Å². The van der Waals surface area contributed by atoms with Gasteiger partial charge in [-0.2, -0.15) is 0 Å². The number of halogens is 1. The molecule has 3 heteroatoms. The molecule has 4 rings (SSSR count). The first kappa shape index (κ1) is 12.5.